The molecule has 16 heavy (non-hydrogen) atoms. The number of halogens is 2. The lowest BCUT2D eigenvalue weighted by Crippen LogP contribution is -2.36. The molecule has 0 saturated heterocycles. The molecular formula is C12H15ClFNO. The second-order valence-electron chi connectivity index (χ2n) is 4.13. The fourth-order valence-corrected chi connectivity index (χ4v) is 1.28. The molecular weight excluding hydrogens is 229 g/mol. The van der Waals surface area contributed by atoms with Crippen LogP contribution in [-0.2, 0) is 0 Å². The molecule has 1 amide bonds. The molecule has 1 atom stereocenters. The Labute approximate surface area is 99.8 Å². The van der Waals surface area contributed by atoms with Crippen molar-refractivity contribution in [3.63, 3.8) is 0 Å². The molecule has 1 rings (SSSR count). The van der Waals surface area contributed by atoms with Crippen molar-refractivity contribution in [2.24, 2.45) is 5.92 Å². The highest BCUT2D eigenvalue weighted by Gasteiger charge is 2.15. The fraction of sp³-hybridized carbons (Fsp3) is 0.417. The first-order valence-corrected chi connectivity index (χ1v) is 5.55. The molecule has 2 nitrogen and oxygen atoms in total. The van der Waals surface area contributed by atoms with Crippen molar-refractivity contribution in [2.75, 3.05) is 0 Å². The van der Waals surface area contributed by atoms with Gasteiger partial charge in [-0.15, -0.1) is 0 Å². The third-order valence-electron chi connectivity index (χ3n) is 2.53. The van der Waals surface area contributed by atoms with Crippen LogP contribution < -0.4 is 5.32 Å². The van der Waals surface area contributed by atoms with Gasteiger partial charge in [-0.2, -0.15) is 0 Å². The number of rotatable bonds is 3. The van der Waals surface area contributed by atoms with Crippen LogP contribution in [0.15, 0.2) is 18.2 Å². The smallest absolute Gasteiger partial charge is 0.254 e. The average molecular weight is 244 g/mol. The largest absolute Gasteiger partial charge is 0.349 e. The van der Waals surface area contributed by atoms with Crippen LogP contribution in [0, 0.1) is 11.7 Å². The van der Waals surface area contributed by atoms with Gasteiger partial charge >= 0.3 is 0 Å². The minimum absolute atomic E-state index is 0.00239. The van der Waals surface area contributed by atoms with Gasteiger partial charge in [-0.3, -0.25) is 4.79 Å². The SMILES string of the molecule is CC(C)C(C)NC(=O)c1ccc(Cl)cc1F. The summed E-state index contributed by atoms with van der Waals surface area (Å²) < 4.78 is 13.4. The summed E-state index contributed by atoms with van der Waals surface area (Å²) in [4.78, 5) is 11.7. The van der Waals surface area contributed by atoms with Crippen molar-refractivity contribution >= 4 is 17.5 Å². The van der Waals surface area contributed by atoms with Crippen molar-refractivity contribution in [1.82, 2.24) is 5.32 Å². The molecule has 0 spiro atoms. The van der Waals surface area contributed by atoms with Gasteiger partial charge in [0.25, 0.3) is 5.91 Å². The van der Waals surface area contributed by atoms with E-state index in [1.807, 2.05) is 20.8 Å². The summed E-state index contributed by atoms with van der Waals surface area (Å²) in [6.07, 6.45) is 0. The van der Waals surface area contributed by atoms with Gasteiger partial charge < -0.3 is 5.32 Å². The number of carbonyl (C=O) groups excluding carboxylic acids is 1. The second-order valence-corrected chi connectivity index (χ2v) is 4.57. The molecule has 0 fully saturated rings. The Bertz CT molecular complexity index is 393. The van der Waals surface area contributed by atoms with E-state index in [9.17, 15) is 9.18 Å². The fourth-order valence-electron chi connectivity index (χ4n) is 1.12. The Morgan fingerprint density at radius 1 is 1.38 bits per heavy atom. The number of hydrogen-bond donors (Lipinski definition) is 1. The van der Waals surface area contributed by atoms with Gasteiger partial charge in [0.15, 0.2) is 0 Å². The van der Waals surface area contributed by atoms with E-state index in [2.05, 4.69) is 5.32 Å². The predicted molar refractivity (Wildman–Crippen MR) is 63.2 cm³/mol. The molecule has 88 valence electrons. The Balaban J connectivity index is 2.81. The monoisotopic (exact) mass is 243 g/mol. The van der Waals surface area contributed by atoms with Gasteiger partial charge in [0.1, 0.15) is 5.82 Å². The van der Waals surface area contributed by atoms with Crippen LogP contribution in [-0.4, -0.2) is 11.9 Å². The van der Waals surface area contributed by atoms with E-state index < -0.39 is 11.7 Å². The quantitative estimate of drug-likeness (QED) is 0.868. The van der Waals surface area contributed by atoms with E-state index in [1.165, 1.54) is 12.1 Å². The summed E-state index contributed by atoms with van der Waals surface area (Å²) in [5.74, 6) is -0.698. The maximum absolute atomic E-state index is 13.4. The normalized spacial score (nSPS) is 12.6. The summed E-state index contributed by atoms with van der Waals surface area (Å²) in [5, 5.41) is 3.02. The van der Waals surface area contributed by atoms with E-state index >= 15 is 0 Å². The molecule has 0 bridgehead atoms. The van der Waals surface area contributed by atoms with Crippen molar-refractivity contribution in [2.45, 2.75) is 26.8 Å². The summed E-state index contributed by atoms with van der Waals surface area (Å²) in [7, 11) is 0. The molecule has 1 aromatic rings. The maximum Gasteiger partial charge on any atom is 0.254 e. The van der Waals surface area contributed by atoms with Crippen LogP contribution in [0.4, 0.5) is 4.39 Å². The molecule has 4 heteroatoms. The number of nitrogens with one attached hydrogen (secondary N) is 1. The van der Waals surface area contributed by atoms with Gasteiger partial charge in [0, 0.05) is 11.1 Å². The minimum atomic E-state index is -0.596. The van der Waals surface area contributed by atoms with Crippen LogP contribution in [0.25, 0.3) is 0 Å². The summed E-state index contributed by atoms with van der Waals surface area (Å²) in [5.41, 5.74) is 0.0249. The van der Waals surface area contributed by atoms with Crippen LogP contribution >= 0.6 is 11.6 Å². The first-order chi connectivity index (χ1) is 7.41. The molecule has 0 aliphatic carbocycles. The Morgan fingerprint density at radius 3 is 2.50 bits per heavy atom. The highest BCUT2D eigenvalue weighted by Crippen LogP contribution is 2.15. The molecule has 0 radical (unpaired) electrons. The Kier molecular flexibility index (Phi) is 4.30. The van der Waals surface area contributed by atoms with E-state index in [4.69, 9.17) is 11.6 Å². The van der Waals surface area contributed by atoms with Gasteiger partial charge in [-0.05, 0) is 31.0 Å². The van der Waals surface area contributed by atoms with E-state index in [1.54, 1.807) is 0 Å². The second kappa shape index (κ2) is 5.30. The lowest BCUT2D eigenvalue weighted by molar-refractivity contribution is 0.0926. The lowest BCUT2D eigenvalue weighted by Gasteiger charge is -2.17. The molecule has 0 heterocycles. The number of benzene rings is 1. The van der Waals surface area contributed by atoms with Crippen LogP contribution in [0.1, 0.15) is 31.1 Å². The molecule has 1 aromatic carbocycles. The van der Waals surface area contributed by atoms with Gasteiger partial charge in [0.05, 0.1) is 5.56 Å². The Hall–Kier alpha value is -1.09. The molecule has 1 N–H and O–H groups in total. The number of amides is 1. The summed E-state index contributed by atoms with van der Waals surface area (Å²) in [6.45, 7) is 5.86. The molecule has 0 aromatic heterocycles. The zero-order chi connectivity index (χ0) is 12.3. The van der Waals surface area contributed by atoms with Gasteiger partial charge in [0.2, 0.25) is 0 Å². The molecule has 0 aliphatic rings. The van der Waals surface area contributed by atoms with Crippen LogP contribution in [0.3, 0.4) is 0 Å². The zero-order valence-corrected chi connectivity index (χ0v) is 10.3. The summed E-state index contributed by atoms with van der Waals surface area (Å²) in [6, 6.07) is 4.03. The standard InChI is InChI=1S/C12H15ClFNO/c1-7(2)8(3)15-12(16)10-5-4-9(13)6-11(10)14/h4-8H,1-3H3,(H,15,16). The number of hydrogen-bond acceptors (Lipinski definition) is 1. The van der Waals surface area contributed by atoms with E-state index in [-0.39, 0.29) is 16.6 Å². The number of carbonyl (C=O) groups is 1. The Morgan fingerprint density at radius 2 is 2.00 bits per heavy atom. The third-order valence-corrected chi connectivity index (χ3v) is 2.77. The topological polar surface area (TPSA) is 29.1 Å². The predicted octanol–water partition coefficient (Wildman–Crippen LogP) is 3.25. The lowest BCUT2D eigenvalue weighted by atomic mass is 10.1. The highest BCUT2D eigenvalue weighted by atomic mass is 35.5. The van der Waals surface area contributed by atoms with Crippen molar-refractivity contribution in [3.8, 4) is 0 Å². The first kappa shape index (κ1) is 13.0. The zero-order valence-electron chi connectivity index (χ0n) is 9.55. The summed E-state index contributed by atoms with van der Waals surface area (Å²) >= 11 is 5.61. The van der Waals surface area contributed by atoms with Gasteiger partial charge in [-0.25, -0.2) is 4.39 Å². The van der Waals surface area contributed by atoms with Crippen LogP contribution in [0.5, 0.6) is 0 Å². The molecule has 0 saturated carbocycles. The maximum atomic E-state index is 13.4. The van der Waals surface area contributed by atoms with E-state index in [0.717, 1.165) is 6.07 Å². The third kappa shape index (κ3) is 3.20. The van der Waals surface area contributed by atoms with Crippen molar-refractivity contribution < 1.29 is 9.18 Å². The van der Waals surface area contributed by atoms with Gasteiger partial charge in [-0.1, -0.05) is 25.4 Å². The van der Waals surface area contributed by atoms with E-state index in [0.29, 0.717) is 5.92 Å². The minimum Gasteiger partial charge on any atom is -0.349 e. The average Bonchev–Trinajstić information content (AvgIpc) is 2.16. The van der Waals surface area contributed by atoms with Crippen LogP contribution in [0.2, 0.25) is 5.02 Å². The highest BCUT2D eigenvalue weighted by molar-refractivity contribution is 6.30. The first-order valence-electron chi connectivity index (χ1n) is 5.17. The van der Waals surface area contributed by atoms with Crippen molar-refractivity contribution in [1.29, 1.82) is 0 Å². The molecule has 0 aliphatic heterocycles. The van der Waals surface area contributed by atoms with Crippen molar-refractivity contribution in [3.05, 3.63) is 34.6 Å². The molecule has 1 unspecified atom stereocenters.